The molecule has 0 aliphatic heterocycles. The summed E-state index contributed by atoms with van der Waals surface area (Å²) in [6.45, 7) is -0.831. The first-order valence-corrected chi connectivity index (χ1v) is 12.2. The summed E-state index contributed by atoms with van der Waals surface area (Å²) < 4.78 is 44.1. The highest BCUT2D eigenvalue weighted by atomic mass is 19.3. The number of nitrogens with zero attached hydrogens (tertiary/aromatic N) is 2. The normalized spacial score (nSPS) is 11.6. The van der Waals surface area contributed by atoms with Crippen LogP contribution in [0.3, 0.4) is 0 Å². The first-order chi connectivity index (χ1) is 17.5. The Kier molecular flexibility index (Phi) is 8.71. The maximum Gasteiger partial charge on any atom is 0.387 e. The van der Waals surface area contributed by atoms with E-state index in [9.17, 15) is 8.78 Å². The van der Waals surface area contributed by atoms with Crippen LogP contribution in [0.4, 0.5) is 13.2 Å². The lowest BCUT2D eigenvalue weighted by Gasteiger charge is -2.10. The molecule has 0 spiro atoms. The summed E-state index contributed by atoms with van der Waals surface area (Å²) in [4.78, 5) is 8.98. The lowest BCUT2D eigenvalue weighted by atomic mass is 9.98. The molecule has 1 heterocycles. The molecule has 0 fully saturated rings. The summed E-state index contributed by atoms with van der Waals surface area (Å²) in [5.74, 6) is 0.707. The number of halogens is 3. The van der Waals surface area contributed by atoms with Crippen LogP contribution in [0.1, 0.15) is 41.4 Å². The van der Waals surface area contributed by atoms with Crippen LogP contribution in [-0.2, 0) is 32.1 Å². The molecule has 0 unspecified atom stereocenters. The summed E-state index contributed by atoms with van der Waals surface area (Å²) in [5.41, 5.74) is 3.80. The minimum atomic E-state index is -2.85. The summed E-state index contributed by atoms with van der Waals surface area (Å²) in [6, 6.07) is 16.1. The number of alkyl halides is 2. The number of hydrogen-bond donors (Lipinski definition) is 0. The first kappa shape index (κ1) is 25.4. The molecule has 3 aromatic carbocycles. The van der Waals surface area contributed by atoms with Crippen LogP contribution in [0, 0.1) is 5.82 Å². The van der Waals surface area contributed by atoms with Crippen molar-refractivity contribution in [1.82, 2.24) is 9.97 Å². The van der Waals surface area contributed by atoms with E-state index >= 15 is 4.39 Å². The van der Waals surface area contributed by atoms with Crippen molar-refractivity contribution in [2.24, 2.45) is 0 Å². The van der Waals surface area contributed by atoms with Crippen molar-refractivity contribution >= 4 is 10.8 Å². The summed E-state index contributed by atoms with van der Waals surface area (Å²) in [5, 5.41) is 1.46. The highest BCUT2D eigenvalue weighted by Gasteiger charge is 2.10. The third kappa shape index (κ3) is 6.94. The molecule has 0 N–H and O–H groups in total. The molecule has 0 bridgehead atoms. The van der Waals surface area contributed by atoms with Crippen molar-refractivity contribution in [2.45, 2.75) is 52.1 Å². The van der Waals surface area contributed by atoms with Crippen molar-refractivity contribution in [3.63, 3.8) is 0 Å². The predicted molar refractivity (Wildman–Crippen MR) is 137 cm³/mol. The van der Waals surface area contributed by atoms with Crippen LogP contribution in [-0.4, -0.2) is 16.6 Å². The van der Waals surface area contributed by atoms with Crippen LogP contribution in [0.2, 0.25) is 0 Å². The van der Waals surface area contributed by atoms with E-state index in [0.717, 1.165) is 53.6 Å². The fraction of sp³-hybridized carbons (Fsp3) is 0.267. The van der Waals surface area contributed by atoms with Crippen LogP contribution in [0.15, 0.2) is 79.1 Å². The fourth-order valence-corrected chi connectivity index (χ4v) is 4.16. The molecule has 36 heavy (non-hydrogen) atoms. The smallest absolute Gasteiger partial charge is 0.387 e. The Balaban J connectivity index is 1.36. The van der Waals surface area contributed by atoms with Crippen molar-refractivity contribution < 1.29 is 17.9 Å². The van der Waals surface area contributed by atoms with Crippen LogP contribution >= 0.6 is 0 Å². The van der Waals surface area contributed by atoms with Gasteiger partial charge in [-0.05, 0) is 78.8 Å². The predicted octanol–water partition coefficient (Wildman–Crippen LogP) is 7.45. The standard InChI is InChI=1S/C30H29F3N2O/c1-2-3-4-5-23-19-34-28(35-20-23)17-10-22-9-16-27-25(18-22)13-12-24(29(27)31)11-6-21-7-14-26(15-8-21)36-30(32)33/h2-3,7-9,12-16,18-20,30H,4-6,10-11,17H2,1H3/b3-2+. The lowest BCUT2D eigenvalue weighted by Crippen LogP contribution is -2.02. The van der Waals surface area contributed by atoms with E-state index in [1.807, 2.05) is 55.7 Å². The third-order valence-corrected chi connectivity index (χ3v) is 6.16. The van der Waals surface area contributed by atoms with Gasteiger partial charge in [-0.25, -0.2) is 14.4 Å². The Bertz CT molecular complexity index is 1300. The average molecular weight is 491 g/mol. The molecule has 0 atom stereocenters. The van der Waals surface area contributed by atoms with Gasteiger partial charge in [-0.15, -0.1) is 0 Å². The molecule has 4 rings (SSSR count). The molecule has 0 aliphatic rings. The second-order valence-corrected chi connectivity index (χ2v) is 8.73. The van der Waals surface area contributed by atoms with E-state index in [2.05, 4.69) is 20.8 Å². The molecule has 1 aromatic heterocycles. The van der Waals surface area contributed by atoms with Gasteiger partial charge in [-0.3, -0.25) is 0 Å². The summed E-state index contributed by atoms with van der Waals surface area (Å²) in [7, 11) is 0. The van der Waals surface area contributed by atoms with Crippen molar-refractivity contribution in [3.8, 4) is 5.75 Å². The molecule has 0 radical (unpaired) electrons. The van der Waals surface area contributed by atoms with E-state index < -0.39 is 6.61 Å². The zero-order valence-electron chi connectivity index (χ0n) is 20.3. The molecule has 4 aromatic rings. The van der Waals surface area contributed by atoms with Crippen molar-refractivity contribution in [1.29, 1.82) is 0 Å². The second-order valence-electron chi connectivity index (χ2n) is 8.73. The van der Waals surface area contributed by atoms with Gasteiger partial charge in [0.1, 0.15) is 17.4 Å². The molecular formula is C30H29F3N2O. The number of ether oxygens (including phenoxy) is 1. The Morgan fingerprint density at radius 3 is 2.25 bits per heavy atom. The van der Waals surface area contributed by atoms with E-state index in [-0.39, 0.29) is 11.6 Å². The van der Waals surface area contributed by atoms with Gasteiger partial charge in [0.15, 0.2) is 0 Å². The van der Waals surface area contributed by atoms with Gasteiger partial charge in [-0.1, -0.05) is 54.6 Å². The quantitative estimate of drug-likeness (QED) is 0.205. The van der Waals surface area contributed by atoms with Gasteiger partial charge in [0.2, 0.25) is 0 Å². The Morgan fingerprint density at radius 1 is 0.806 bits per heavy atom. The maximum absolute atomic E-state index is 15.2. The lowest BCUT2D eigenvalue weighted by molar-refractivity contribution is -0.0498. The first-order valence-electron chi connectivity index (χ1n) is 12.2. The number of fused-ring (bicyclic) bond motifs is 1. The third-order valence-electron chi connectivity index (χ3n) is 6.16. The van der Waals surface area contributed by atoms with Gasteiger partial charge in [0, 0.05) is 24.2 Å². The van der Waals surface area contributed by atoms with Crippen LogP contribution < -0.4 is 4.74 Å². The highest BCUT2D eigenvalue weighted by molar-refractivity contribution is 5.84. The van der Waals surface area contributed by atoms with E-state index in [1.165, 1.54) is 12.1 Å². The minimum absolute atomic E-state index is 0.116. The Hall–Kier alpha value is -3.67. The number of hydrogen-bond acceptors (Lipinski definition) is 3. The number of rotatable bonds is 11. The molecule has 0 saturated carbocycles. The highest BCUT2D eigenvalue weighted by Crippen LogP contribution is 2.25. The second kappa shape index (κ2) is 12.3. The molecule has 0 aliphatic carbocycles. The molecule has 3 nitrogen and oxygen atoms in total. The monoisotopic (exact) mass is 490 g/mol. The number of benzene rings is 3. The van der Waals surface area contributed by atoms with Gasteiger partial charge in [-0.2, -0.15) is 8.78 Å². The fourth-order valence-electron chi connectivity index (χ4n) is 4.16. The Labute approximate surface area is 209 Å². The topological polar surface area (TPSA) is 35.0 Å². The minimum Gasteiger partial charge on any atom is -0.435 e. The van der Waals surface area contributed by atoms with Gasteiger partial charge in [0.05, 0.1) is 0 Å². The van der Waals surface area contributed by atoms with Crippen molar-refractivity contribution in [3.05, 3.63) is 113 Å². The molecule has 6 heteroatoms. The maximum atomic E-state index is 15.2. The molecule has 186 valence electrons. The zero-order chi connectivity index (χ0) is 25.3. The van der Waals surface area contributed by atoms with Crippen LogP contribution in [0.25, 0.3) is 10.8 Å². The molecule has 0 amide bonds. The van der Waals surface area contributed by atoms with E-state index in [4.69, 9.17) is 0 Å². The van der Waals surface area contributed by atoms with Crippen molar-refractivity contribution in [2.75, 3.05) is 0 Å². The number of aryl methyl sites for hydroxylation is 5. The molecular weight excluding hydrogens is 461 g/mol. The summed E-state index contributed by atoms with van der Waals surface area (Å²) >= 11 is 0. The van der Waals surface area contributed by atoms with Crippen LogP contribution in [0.5, 0.6) is 5.75 Å². The SMILES string of the molecule is C/C=C/CCc1cnc(CCc2ccc3c(F)c(CCc4ccc(OC(F)F)cc4)ccc3c2)nc1. The van der Waals surface area contributed by atoms with Gasteiger partial charge >= 0.3 is 6.61 Å². The van der Waals surface area contributed by atoms with Gasteiger partial charge < -0.3 is 4.74 Å². The molecule has 0 saturated heterocycles. The number of aromatic nitrogens is 2. The summed E-state index contributed by atoms with van der Waals surface area (Å²) in [6.07, 6.45) is 12.5. The van der Waals surface area contributed by atoms with Gasteiger partial charge in [0.25, 0.3) is 0 Å². The zero-order valence-corrected chi connectivity index (χ0v) is 20.3. The Morgan fingerprint density at radius 2 is 1.53 bits per heavy atom. The van der Waals surface area contributed by atoms with E-state index in [0.29, 0.717) is 23.8 Å². The average Bonchev–Trinajstić information content (AvgIpc) is 2.88. The number of allylic oxidation sites excluding steroid dienone is 2. The van der Waals surface area contributed by atoms with E-state index in [1.54, 1.807) is 12.1 Å². The largest absolute Gasteiger partial charge is 0.435 e.